The van der Waals surface area contributed by atoms with Crippen LogP contribution in [0.5, 0.6) is 0 Å². The largest absolute Gasteiger partial charge is 0.461 e. The van der Waals surface area contributed by atoms with E-state index in [1.54, 1.807) is 0 Å². The lowest BCUT2D eigenvalue weighted by molar-refractivity contribution is -0.495. The summed E-state index contributed by atoms with van der Waals surface area (Å²) in [6.07, 6.45) is 0. The van der Waals surface area contributed by atoms with E-state index in [1.165, 1.54) is 6.92 Å². The van der Waals surface area contributed by atoms with E-state index in [0.717, 1.165) is 0 Å². The van der Waals surface area contributed by atoms with E-state index in [-0.39, 0.29) is 6.61 Å². The van der Waals surface area contributed by atoms with Crippen molar-refractivity contribution in [3.05, 3.63) is 10.1 Å². The molecule has 0 aliphatic heterocycles. The third-order valence-corrected chi connectivity index (χ3v) is 1.20. The summed E-state index contributed by atoms with van der Waals surface area (Å²) >= 11 is 3.18. The van der Waals surface area contributed by atoms with E-state index in [0.29, 0.717) is 0 Å². The molecule has 0 aromatic heterocycles. The van der Waals surface area contributed by atoms with Crippen molar-refractivity contribution in [2.75, 3.05) is 6.61 Å². The van der Waals surface area contributed by atoms with Gasteiger partial charge in [-0.2, -0.15) is 0 Å². The van der Waals surface area contributed by atoms with Gasteiger partial charge in [0.25, 0.3) is 5.12 Å². The fourth-order valence-electron chi connectivity index (χ4n) is 0.498. The van der Waals surface area contributed by atoms with Crippen LogP contribution in [0, 0.1) is 10.1 Å². The van der Waals surface area contributed by atoms with E-state index >= 15 is 0 Å². The average molecular weight is 193 g/mol. The van der Waals surface area contributed by atoms with Crippen molar-refractivity contribution in [1.82, 2.24) is 0 Å². The van der Waals surface area contributed by atoms with Crippen molar-refractivity contribution in [2.45, 2.75) is 13.0 Å². The van der Waals surface area contributed by atoms with Gasteiger partial charge in [-0.1, -0.05) is 12.6 Å². The summed E-state index contributed by atoms with van der Waals surface area (Å²) < 4.78 is 4.28. The monoisotopic (exact) mass is 193 g/mol. The molecule has 0 saturated carbocycles. The molecule has 68 valence electrons. The molecule has 0 rings (SSSR count). The molecular formula is C5H7NO5S. The Hall–Kier alpha value is -1.11. The maximum atomic E-state index is 10.7. The molecule has 0 fully saturated rings. The first kappa shape index (κ1) is 10.9. The highest BCUT2D eigenvalue weighted by Crippen LogP contribution is 1.99. The van der Waals surface area contributed by atoms with Gasteiger partial charge < -0.3 is 4.74 Å². The second-order valence-corrected chi connectivity index (χ2v) is 2.22. The van der Waals surface area contributed by atoms with E-state index in [2.05, 4.69) is 17.4 Å². The first-order valence-corrected chi connectivity index (χ1v) is 3.48. The molecule has 0 N–H and O–H groups in total. The molecule has 0 amide bonds. The highest BCUT2D eigenvalue weighted by Gasteiger charge is 2.37. The van der Waals surface area contributed by atoms with Gasteiger partial charge in [0.15, 0.2) is 0 Å². The van der Waals surface area contributed by atoms with Crippen molar-refractivity contribution < 1.29 is 19.2 Å². The number of nitro groups is 1. The van der Waals surface area contributed by atoms with Gasteiger partial charge in [-0.05, 0) is 6.92 Å². The minimum Gasteiger partial charge on any atom is -0.461 e. The molecular weight excluding hydrogens is 186 g/mol. The number of hydrogen-bond acceptors (Lipinski definition) is 5. The Morgan fingerprint density at radius 3 is 2.42 bits per heavy atom. The number of carbonyl (C=O) groups is 2. The molecule has 12 heavy (non-hydrogen) atoms. The number of nitrogens with zero attached hydrogens (tertiary/aromatic N) is 1. The Bertz CT molecular complexity index is 202. The van der Waals surface area contributed by atoms with Gasteiger partial charge in [0.1, 0.15) is 0 Å². The smallest absolute Gasteiger partial charge is 0.390 e. The van der Waals surface area contributed by atoms with E-state index in [1.807, 2.05) is 0 Å². The molecule has 0 saturated heterocycles. The van der Waals surface area contributed by atoms with Crippen LogP contribution >= 0.6 is 12.6 Å². The molecule has 0 aromatic rings. The molecule has 0 bridgehead atoms. The van der Waals surface area contributed by atoms with Crippen molar-refractivity contribution in [3.63, 3.8) is 0 Å². The number of rotatable bonds is 4. The van der Waals surface area contributed by atoms with Gasteiger partial charge in [-0.15, -0.1) is 0 Å². The van der Waals surface area contributed by atoms with Crippen molar-refractivity contribution in [3.8, 4) is 0 Å². The Labute approximate surface area is 73.4 Å². The third-order valence-electron chi connectivity index (χ3n) is 0.955. The normalized spacial score (nSPS) is 11.8. The van der Waals surface area contributed by atoms with Gasteiger partial charge in [0.05, 0.1) is 6.61 Å². The molecule has 1 unspecified atom stereocenters. The highest BCUT2D eigenvalue weighted by molar-refractivity contribution is 7.96. The zero-order valence-electron chi connectivity index (χ0n) is 6.22. The molecule has 0 spiro atoms. The molecule has 0 aromatic carbocycles. The van der Waals surface area contributed by atoms with Crippen molar-refractivity contribution in [1.29, 1.82) is 0 Å². The lowest BCUT2D eigenvalue weighted by atomic mass is 10.3. The molecule has 7 heteroatoms. The quantitative estimate of drug-likeness (QED) is 0.217. The van der Waals surface area contributed by atoms with Crippen molar-refractivity contribution >= 4 is 23.7 Å². The van der Waals surface area contributed by atoms with Crippen LogP contribution in [0.2, 0.25) is 0 Å². The second-order valence-electron chi connectivity index (χ2n) is 1.78. The number of esters is 1. The van der Waals surface area contributed by atoms with Gasteiger partial charge >= 0.3 is 12.0 Å². The number of hydrogen-bond donors (Lipinski definition) is 1. The lowest BCUT2D eigenvalue weighted by Crippen LogP contribution is -2.36. The Morgan fingerprint density at radius 1 is 1.67 bits per heavy atom. The lowest BCUT2D eigenvalue weighted by Gasteiger charge is -2.03. The third kappa shape index (κ3) is 2.87. The molecule has 0 aliphatic rings. The maximum Gasteiger partial charge on any atom is 0.390 e. The Kier molecular flexibility index (Phi) is 4.27. The Morgan fingerprint density at radius 2 is 2.17 bits per heavy atom. The van der Waals surface area contributed by atoms with E-state index < -0.39 is 22.0 Å². The summed E-state index contributed by atoms with van der Waals surface area (Å²) in [5.41, 5.74) is 0. The summed E-state index contributed by atoms with van der Waals surface area (Å²) in [7, 11) is 0. The zero-order valence-corrected chi connectivity index (χ0v) is 7.11. The topological polar surface area (TPSA) is 86.5 Å². The van der Waals surface area contributed by atoms with Crippen LogP contribution in [0.15, 0.2) is 0 Å². The predicted molar refractivity (Wildman–Crippen MR) is 41.4 cm³/mol. The number of thiol groups is 1. The fraction of sp³-hybridized carbons (Fsp3) is 0.600. The van der Waals surface area contributed by atoms with Crippen LogP contribution in [0.25, 0.3) is 0 Å². The fourth-order valence-corrected chi connectivity index (χ4v) is 0.698. The van der Waals surface area contributed by atoms with Crippen molar-refractivity contribution in [2.24, 2.45) is 0 Å². The highest BCUT2D eigenvalue weighted by atomic mass is 32.1. The van der Waals surface area contributed by atoms with Crippen LogP contribution in [0.3, 0.4) is 0 Å². The average Bonchev–Trinajstić information content (AvgIpc) is 1.85. The first-order chi connectivity index (χ1) is 5.50. The van der Waals surface area contributed by atoms with Crippen LogP contribution < -0.4 is 0 Å². The number of ether oxygens (including phenoxy) is 1. The molecule has 0 heterocycles. The molecule has 0 aliphatic carbocycles. The minimum absolute atomic E-state index is 0.00969. The Balaban J connectivity index is 4.41. The van der Waals surface area contributed by atoms with Gasteiger partial charge in [0, 0.05) is 4.92 Å². The summed E-state index contributed by atoms with van der Waals surface area (Å²) in [4.78, 5) is 30.2. The summed E-state index contributed by atoms with van der Waals surface area (Å²) in [6.45, 7) is 1.47. The second kappa shape index (κ2) is 4.70. The first-order valence-electron chi connectivity index (χ1n) is 3.03. The summed E-state index contributed by atoms with van der Waals surface area (Å²) in [6, 6.07) is -2.01. The summed E-state index contributed by atoms with van der Waals surface area (Å²) in [5.74, 6) is -1.18. The molecule has 6 nitrogen and oxygen atoms in total. The van der Waals surface area contributed by atoms with Gasteiger partial charge in [-0.3, -0.25) is 14.9 Å². The zero-order chi connectivity index (χ0) is 9.72. The standard InChI is InChI=1S/C5H7NO5S/c1-2-11-4(7)3(5(8)12)6(9)10/h3H,2H2,1H3,(H,8,12). The predicted octanol–water partition coefficient (Wildman–Crippen LogP) is -0.349. The van der Waals surface area contributed by atoms with Gasteiger partial charge in [-0.25, -0.2) is 4.79 Å². The van der Waals surface area contributed by atoms with Gasteiger partial charge in [0.2, 0.25) is 0 Å². The summed E-state index contributed by atoms with van der Waals surface area (Å²) in [5, 5.41) is 8.97. The van der Waals surface area contributed by atoms with Crippen LogP contribution in [0.4, 0.5) is 0 Å². The van der Waals surface area contributed by atoms with Crippen LogP contribution in [-0.2, 0) is 14.3 Å². The SMILES string of the molecule is CCOC(=O)C(C(=O)S)[N+](=O)[O-]. The van der Waals surface area contributed by atoms with E-state index in [4.69, 9.17) is 0 Å². The van der Waals surface area contributed by atoms with Crippen LogP contribution in [-0.4, -0.2) is 28.7 Å². The van der Waals surface area contributed by atoms with E-state index in [9.17, 15) is 19.7 Å². The number of carbonyl (C=O) groups excluding carboxylic acids is 2. The van der Waals surface area contributed by atoms with Crippen LogP contribution in [0.1, 0.15) is 6.92 Å². The minimum atomic E-state index is -2.01. The molecule has 0 radical (unpaired) electrons. The molecule has 1 atom stereocenters. The maximum absolute atomic E-state index is 10.7.